The van der Waals surface area contributed by atoms with Gasteiger partial charge in [-0.2, -0.15) is 18.3 Å². The summed E-state index contributed by atoms with van der Waals surface area (Å²) in [5, 5.41) is 3.68. The van der Waals surface area contributed by atoms with Gasteiger partial charge in [0.05, 0.1) is 16.3 Å². The van der Waals surface area contributed by atoms with E-state index in [1.165, 1.54) is 24.3 Å². The molecule has 0 spiro atoms. The van der Waals surface area contributed by atoms with E-state index in [4.69, 9.17) is 0 Å². The summed E-state index contributed by atoms with van der Waals surface area (Å²) < 4.78 is 64.7. The van der Waals surface area contributed by atoms with Crippen molar-refractivity contribution in [3.05, 3.63) is 63.9 Å². The van der Waals surface area contributed by atoms with E-state index in [2.05, 4.69) is 27.7 Å². The zero-order chi connectivity index (χ0) is 19.1. The van der Waals surface area contributed by atoms with Crippen LogP contribution in [0, 0.1) is 3.57 Å². The summed E-state index contributed by atoms with van der Waals surface area (Å²) in [7, 11) is -3.40. The van der Waals surface area contributed by atoms with Crippen LogP contribution in [0.15, 0.2) is 59.5 Å². The molecule has 4 nitrogen and oxygen atoms in total. The number of aromatic nitrogens is 2. The molecule has 0 aliphatic carbocycles. The molecule has 0 atom stereocenters. The van der Waals surface area contributed by atoms with E-state index in [0.717, 1.165) is 20.6 Å². The highest BCUT2D eigenvalue weighted by atomic mass is 123. The molecular formula is C17H12F3IN2O2S. The highest BCUT2D eigenvalue weighted by Gasteiger charge is 2.35. The molecule has 0 fully saturated rings. The third-order valence-corrected chi connectivity index (χ3v) is 5.50. The molecule has 0 N–H and O–H groups in total. The second-order valence-electron chi connectivity index (χ2n) is 5.60. The topological polar surface area (TPSA) is 52.0 Å². The van der Waals surface area contributed by atoms with Gasteiger partial charge in [0, 0.05) is 15.4 Å². The minimum atomic E-state index is -4.59. The first-order valence-corrected chi connectivity index (χ1v) is 10.3. The predicted molar refractivity (Wildman–Crippen MR) is 99.8 cm³/mol. The molecule has 3 rings (SSSR count). The monoisotopic (exact) mass is 488 g/mol. The van der Waals surface area contributed by atoms with Gasteiger partial charge in [0.1, 0.15) is 0 Å². The van der Waals surface area contributed by atoms with Crippen molar-refractivity contribution in [3.63, 3.8) is 0 Å². The fraction of sp³-hybridized carbons (Fsp3) is 0.118. The van der Waals surface area contributed by atoms with Crippen molar-refractivity contribution in [2.24, 2.45) is 0 Å². The minimum Gasteiger partial charge on any atom is -0.233 e. The van der Waals surface area contributed by atoms with Crippen molar-refractivity contribution >= 4 is 32.4 Å². The van der Waals surface area contributed by atoms with E-state index in [1.54, 1.807) is 24.3 Å². The Morgan fingerprint density at radius 2 is 1.58 bits per heavy atom. The molecule has 0 amide bonds. The number of hydrogen-bond donors (Lipinski definition) is 0. The molecule has 0 saturated carbocycles. The zero-order valence-electron chi connectivity index (χ0n) is 13.3. The molecular weight excluding hydrogens is 476 g/mol. The van der Waals surface area contributed by atoms with Gasteiger partial charge in [-0.25, -0.2) is 13.1 Å². The van der Waals surface area contributed by atoms with Gasteiger partial charge in [0.15, 0.2) is 15.5 Å². The average Bonchev–Trinajstić information content (AvgIpc) is 3.00. The summed E-state index contributed by atoms with van der Waals surface area (Å²) in [6.07, 6.45) is -3.52. The van der Waals surface area contributed by atoms with Gasteiger partial charge in [-0.3, -0.25) is 0 Å². The third-order valence-electron chi connectivity index (χ3n) is 3.65. The van der Waals surface area contributed by atoms with Gasteiger partial charge in [-0.15, -0.1) is 0 Å². The number of benzene rings is 2. The number of halogens is 4. The van der Waals surface area contributed by atoms with E-state index in [9.17, 15) is 21.6 Å². The highest BCUT2D eigenvalue weighted by Crippen LogP contribution is 2.33. The number of sulfone groups is 1. The number of hydrogen-bond acceptors (Lipinski definition) is 3. The smallest absolute Gasteiger partial charge is 0.233 e. The minimum absolute atomic E-state index is 0.0836. The van der Waals surface area contributed by atoms with Gasteiger partial charge < -0.3 is 0 Å². The van der Waals surface area contributed by atoms with Crippen LogP contribution in [0.25, 0.3) is 16.9 Å². The lowest BCUT2D eigenvalue weighted by molar-refractivity contribution is -0.141. The Balaban J connectivity index is 2.16. The van der Waals surface area contributed by atoms with Crippen LogP contribution >= 0.6 is 22.6 Å². The Morgan fingerprint density at radius 1 is 1.00 bits per heavy atom. The lowest BCUT2D eigenvalue weighted by atomic mass is 10.1. The predicted octanol–water partition coefficient (Wildman–Crippen LogP) is 4.57. The zero-order valence-corrected chi connectivity index (χ0v) is 16.3. The molecule has 0 radical (unpaired) electrons. The molecule has 0 aliphatic rings. The summed E-state index contributed by atoms with van der Waals surface area (Å²) >= 11 is 2.11. The maximum Gasteiger partial charge on any atom is 0.435 e. The van der Waals surface area contributed by atoms with Crippen molar-refractivity contribution in [2.75, 3.05) is 6.26 Å². The van der Waals surface area contributed by atoms with Crippen molar-refractivity contribution in [1.82, 2.24) is 9.78 Å². The van der Waals surface area contributed by atoms with Crippen LogP contribution in [0.4, 0.5) is 13.2 Å². The number of rotatable bonds is 3. The highest BCUT2D eigenvalue weighted by molar-refractivity contribution is 14.1. The van der Waals surface area contributed by atoms with Gasteiger partial charge >= 0.3 is 6.18 Å². The summed E-state index contributed by atoms with van der Waals surface area (Å²) in [4.78, 5) is 0.0836. The fourth-order valence-corrected chi connectivity index (χ4v) is 3.37. The summed E-state index contributed by atoms with van der Waals surface area (Å²) in [5.74, 6) is 0. The Kier molecular flexibility index (Phi) is 4.86. The van der Waals surface area contributed by atoms with Crippen LogP contribution < -0.4 is 0 Å². The van der Waals surface area contributed by atoms with Gasteiger partial charge in [0.2, 0.25) is 0 Å². The molecule has 3 aromatic rings. The molecule has 26 heavy (non-hydrogen) atoms. The maximum absolute atomic E-state index is 13.1. The summed E-state index contributed by atoms with van der Waals surface area (Å²) in [6, 6.07) is 13.5. The van der Waals surface area contributed by atoms with Crippen molar-refractivity contribution < 1.29 is 21.6 Å². The van der Waals surface area contributed by atoms with Crippen LogP contribution in [0.5, 0.6) is 0 Å². The lowest BCUT2D eigenvalue weighted by Crippen LogP contribution is -2.07. The van der Waals surface area contributed by atoms with Crippen LogP contribution in [-0.4, -0.2) is 24.5 Å². The molecule has 0 aliphatic heterocycles. The van der Waals surface area contributed by atoms with Crippen LogP contribution in [0.1, 0.15) is 5.69 Å². The molecule has 2 aromatic carbocycles. The first-order chi connectivity index (χ1) is 12.1. The molecule has 0 unspecified atom stereocenters. The Hall–Kier alpha value is -1.88. The van der Waals surface area contributed by atoms with E-state index in [1.807, 2.05) is 0 Å². The Labute approximate surface area is 161 Å². The van der Waals surface area contributed by atoms with Crippen LogP contribution in [-0.2, 0) is 16.0 Å². The Morgan fingerprint density at radius 3 is 2.08 bits per heavy atom. The molecule has 1 aromatic heterocycles. The second-order valence-corrected chi connectivity index (χ2v) is 8.86. The fourth-order valence-electron chi connectivity index (χ4n) is 2.38. The van der Waals surface area contributed by atoms with Crippen molar-refractivity contribution in [2.45, 2.75) is 11.1 Å². The lowest BCUT2D eigenvalue weighted by Gasteiger charge is -2.08. The second kappa shape index (κ2) is 6.69. The molecule has 9 heteroatoms. The molecule has 0 bridgehead atoms. The van der Waals surface area contributed by atoms with Gasteiger partial charge in [0.25, 0.3) is 0 Å². The standard InChI is InChI=1S/C17H12F3IN2O2S/c1-26(24,25)14-8-6-13(7-9-14)23-15(10-16(22-23)17(18,19)20)11-2-4-12(21)5-3-11/h2-10H,1H3/i21-4. The number of nitrogens with zero attached hydrogens (tertiary/aromatic N) is 2. The van der Waals surface area contributed by atoms with Crippen LogP contribution in [0.2, 0.25) is 0 Å². The van der Waals surface area contributed by atoms with Crippen molar-refractivity contribution in [3.8, 4) is 16.9 Å². The largest absolute Gasteiger partial charge is 0.435 e. The molecule has 136 valence electrons. The van der Waals surface area contributed by atoms with Gasteiger partial charge in [-0.05, 0) is 65.1 Å². The molecule has 1 heterocycles. The quantitative estimate of drug-likeness (QED) is 0.508. The van der Waals surface area contributed by atoms with E-state index in [-0.39, 0.29) is 10.6 Å². The SMILES string of the molecule is CS(=O)(=O)c1ccc(-n2nc(C(F)(F)F)cc2-c2ccc([123I])cc2)cc1. The van der Waals surface area contributed by atoms with Gasteiger partial charge in [-0.1, -0.05) is 12.1 Å². The first-order valence-electron chi connectivity index (χ1n) is 7.29. The van der Waals surface area contributed by atoms with E-state index >= 15 is 0 Å². The molecule has 0 saturated heterocycles. The number of alkyl halides is 3. The third kappa shape index (κ3) is 3.93. The van der Waals surface area contributed by atoms with Crippen molar-refractivity contribution in [1.29, 1.82) is 0 Å². The summed E-state index contributed by atoms with van der Waals surface area (Å²) in [6.45, 7) is 0. The van der Waals surface area contributed by atoms with E-state index < -0.39 is 21.7 Å². The summed E-state index contributed by atoms with van der Waals surface area (Å²) in [5.41, 5.74) is 0.154. The first kappa shape index (κ1) is 18.9. The normalized spacial score (nSPS) is 12.3. The van der Waals surface area contributed by atoms with E-state index in [0.29, 0.717) is 11.3 Å². The Bertz CT molecular complexity index is 1040. The average molecular weight is 488 g/mol. The van der Waals surface area contributed by atoms with Crippen LogP contribution in [0.3, 0.4) is 0 Å². The maximum atomic E-state index is 13.1.